The normalized spacial score (nSPS) is 18.1. The molecule has 0 unspecified atom stereocenters. The third kappa shape index (κ3) is 4.17. The van der Waals surface area contributed by atoms with Gasteiger partial charge in [0.15, 0.2) is 0 Å². The van der Waals surface area contributed by atoms with E-state index in [1.165, 1.54) is 6.07 Å². The third-order valence-electron chi connectivity index (χ3n) is 4.43. The van der Waals surface area contributed by atoms with Gasteiger partial charge in [-0.2, -0.15) is 0 Å². The molecule has 1 aromatic heterocycles. The molecule has 2 heterocycles. The molecule has 1 fully saturated rings. The molecule has 3 rings (SSSR count). The second-order valence-corrected chi connectivity index (χ2v) is 6.30. The Bertz CT molecular complexity index is 740. The van der Waals surface area contributed by atoms with Gasteiger partial charge < -0.3 is 19.9 Å². The summed E-state index contributed by atoms with van der Waals surface area (Å²) in [6.45, 7) is 4.75. The summed E-state index contributed by atoms with van der Waals surface area (Å²) >= 11 is 0. The number of imidazole rings is 1. The van der Waals surface area contributed by atoms with Crippen molar-refractivity contribution in [2.75, 3.05) is 6.61 Å². The number of carbonyl (C=O) groups is 1. The maximum atomic E-state index is 14.3. The number of carbonyl (C=O) groups excluding carboxylic acids is 1. The topological polar surface area (TPSA) is 68.2 Å². The molecular weight excluding hydrogens is 323 g/mol. The van der Waals surface area contributed by atoms with Crippen LogP contribution in [0.3, 0.4) is 0 Å². The predicted molar refractivity (Wildman–Crippen MR) is 92.1 cm³/mol. The maximum Gasteiger partial charge on any atom is 0.315 e. The molecule has 1 aromatic carbocycles. The molecule has 25 heavy (non-hydrogen) atoms. The summed E-state index contributed by atoms with van der Waals surface area (Å²) in [6, 6.07) is 4.58. The van der Waals surface area contributed by atoms with E-state index in [1.807, 2.05) is 13.8 Å². The highest BCUT2D eigenvalue weighted by atomic mass is 19.1. The zero-order chi connectivity index (χ0) is 17.8. The second kappa shape index (κ2) is 7.65. The number of aryl methyl sites for hydroxylation is 1. The standard InChI is InChI=1S/C18H23FN4O2/c1-12(17-4-3-9-25-17)22-18(24)21-11-14-5-6-16(15(19)10-14)23-8-7-20-13(23)2/h5-8,10,12,17H,3-4,9,11H2,1-2H3,(H2,21,22,24)/t12-,17+/m1/s1. The fraction of sp³-hybridized carbons (Fsp3) is 0.444. The van der Waals surface area contributed by atoms with Crippen LogP contribution < -0.4 is 10.6 Å². The fourth-order valence-corrected chi connectivity index (χ4v) is 3.02. The Kier molecular flexibility index (Phi) is 5.33. The monoisotopic (exact) mass is 346 g/mol. The lowest BCUT2D eigenvalue weighted by molar-refractivity contribution is 0.0860. The SMILES string of the molecule is Cc1nccn1-c1ccc(CNC(=O)N[C@H](C)[C@@H]2CCCO2)cc1F. The largest absolute Gasteiger partial charge is 0.376 e. The zero-order valence-corrected chi connectivity index (χ0v) is 14.5. The molecule has 0 saturated carbocycles. The van der Waals surface area contributed by atoms with Crippen molar-refractivity contribution in [3.05, 3.63) is 47.8 Å². The molecule has 1 saturated heterocycles. The zero-order valence-electron chi connectivity index (χ0n) is 14.5. The van der Waals surface area contributed by atoms with Gasteiger partial charge in [0.2, 0.25) is 0 Å². The van der Waals surface area contributed by atoms with Crippen LogP contribution in [0.5, 0.6) is 0 Å². The number of rotatable bonds is 5. The Morgan fingerprint density at radius 1 is 1.52 bits per heavy atom. The number of urea groups is 1. The lowest BCUT2D eigenvalue weighted by atomic mass is 10.1. The number of ether oxygens (including phenoxy) is 1. The molecule has 2 amide bonds. The Hall–Kier alpha value is -2.41. The number of benzene rings is 1. The molecule has 134 valence electrons. The van der Waals surface area contributed by atoms with Crippen LogP contribution in [0.1, 0.15) is 31.2 Å². The minimum atomic E-state index is -0.353. The van der Waals surface area contributed by atoms with Crippen molar-refractivity contribution in [3.63, 3.8) is 0 Å². The van der Waals surface area contributed by atoms with Gasteiger partial charge in [-0.1, -0.05) is 6.07 Å². The van der Waals surface area contributed by atoms with E-state index in [2.05, 4.69) is 15.6 Å². The van der Waals surface area contributed by atoms with Gasteiger partial charge in [0, 0.05) is 25.5 Å². The van der Waals surface area contributed by atoms with Crippen LogP contribution >= 0.6 is 0 Å². The first kappa shape index (κ1) is 17.4. The summed E-state index contributed by atoms with van der Waals surface area (Å²) in [5.74, 6) is 0.362. The number of aromatic nitrogens is 2. The summed E-state index contributed by atoms with van der Waals surface area (Å²) in [6.07, 6.45) is 5.40. The van der Waals surface area contributed by atoms with Gasteiger partial charge in [-0.05, 0) is 44.4 Å². The van der Waals surface area contributed by atoms with Crippen LogP contribution in [0.4, 0.5) is 9.18 Å². The minimum Gasteiger partial charge on any atom is -0.376 e. The molecule has 6 nitrogen and oxygen atoms in total. The van der Waals surface area contributed by atoms with Crippen LogP contribution in [0.25, 0.3) is 5.69 Å². The Labute approximate surface area is 146 Å². The van der Waals surface area contributed by atoms with Crippen LogP contribution in [-0.2, 0) is 11.3 Å². The quantitative estimate of drug-likeness (QED) is 0.875. The Morgan fingerprint density at radius 3 is 3.00 bits per heavy atom. The maximum absolute atomic E-state index is 14.3. The van der Waals surface area contributed by atoms with Gasteiger partial charge in [0.1, 0.15) is 11.6 Å². The first-order chi connectivity index (χ1) is 12.0. The van der Waals surface area contributed by atoms with E-state index < -0.39 is 0 Å². The van der Waals surface area contributed by atoms with Gasteiger partial charge in [-0.15, -0.1) is 0 Å². The Balaban J connectivity index is 1.55. The smallest absolute Gasteiger partial charge is 0.315 e. The van der Waals surface area contributed by atoms with Crippen LogP contribution in [-0.4, -0.2) is 34.3 Å². The van der Waals surface area contributed by atoms with Crippen molar-refractivity contribution in [1.29, 1.82) is 0 Å². The minimum absolute atomic E-state index is 0.0502. The summed E-state index contributed by atoms with van der Waals surface area (Å²) in [5, 5.41) is 5.62. The van der Waals surface area contributed by atoms with Gasteiger partial charge >= 0.3 is 6.03 Å². The number of nitrogens with one attached hydrogen (secondary N) is 2. The lowest BCUT2D eigenvalue weighted by Gasteiger charge is -2.20. The first-order valence-electron chi connectivity index (χ1n) is 8.49. The van der Waals surface area contributed by atoms with Crippen molar-refractivity contribution in [3.8, 4) is 5.69 Å². The van der Waals surface area contributed by atoms with E-state index in [-0.39, 0.29) is 30.5 Å². The molecular formula is C18H23FN4O2. The third-order valence-corrected chi connectivity index (χ3v) is 4.43. The number of halogens is 1. The average Bonchev–Trinajstić information content (AvgIpc) is 3.25. The van der Waals surface area contributed by atoms with Gasteiger partial charge in [0.05, 0.1) is 17.8 Å². The average molecular weight is 346 g/mol. The molecule has 0 radical (unpaired) electrons. The van der Waals surface area contributed by atoms with Crippen molar-refractivity contribution in [1.82, 2.24) is 20.2 Å². The molecule has 2 aromatic rings. The number of amides is 2. The molecule has 0 bridgehead atoms. The van der Waals surface area contributed by atoms with E-state index >= 15 is 0 Å². The predicted octanol–water partition coefficient (Wildman–Crippen LogP) is 2.69. The highest BCUT2D eigenvalue weighted by Gasteiger charge is 2.23. The van der Waals surface area contributed by atoms with Gasteiger partial charge in [0.25, 0.3) is 0 Å². The molecule has 1 aliphatic heterocycles. The highest BCUT2D eigenvalue weighted by molar-refractivity contribution is 5.74. The number of nitrogens with zero attached hydrogens (tertiary/aromatic N) is 2. The second-order valence-electron chi connectivity index (χ2n) is 6.30. The van der Waals surface area contributed by atoms with Gasteiger partial charge in [-0.3, -0.25) is 0 Å². The van der Waals surface area contributed by atoms with E-state index in [4.69, 9.17) is 4.74 Å². The van der Waals surface area contributed by atoms with Crippen LogP contribution in [0.15, 0.2) is 30.6 Å². The highest BCUT2D eigenvalue weighted by Crippen LogP contribution is 2.17. The van der Waals surface area contributed by atoms with E-state index in [0.717, 1.165) is 19.4 Å². The van der Waals surface area contributed by atoms with Crippen molar-refractivity contribution in [2.45, 2.75) is 45.4 Å². The van der Waals surface area contributed by atoms with E-state index in [9.17, 15) is 9.18 Å². The van der Waals surface area contributed by atoms with Crippen molar-refractivity contribution in [2.24, 2.45) is 0 Å². The molecule has 2 atom stereocenters. The summed E-state index contributed by atoms with van der Waals surface area (Å²) < 4.78 is 21.6. The van der Waals surface area contributed by atoms with Crippen LogP contribution in [0.2, 0.25) is 0 Å². The van der Waals surface area contributed by atoms with Crippen molar-refractivity contribution >= 4 is 6.03 Å². The molecule has 7 heteroatoms. The van der Waals surface area contributed by atoms with Gasteiger partial charge in [-0.25, -0.2) is 14.2 Å². The fourth-order valence-electron chi connectivity index (χ4n) is 3.02. The lowest BCUT2D eigenvalue weighted by Crippen LogP contribution is -2.45. The molecule has 0 spiro atoms. The number of hydrogen-bond donors (Lipinski definition) is 2. The molecule has 2 N–H and O–H groups in total. The van der Waals surface area contributed by atoms with E-state index in [1.54, 1.807) is 29.1 Å². The Morgan fingerprint density at radius 2 is 2.36 bits per heavy atom. The summed E-state index contributed by atoms with van der Waals surface area (Å²) in [4.78, 5) is 16.1. The number of hydrogen-bond acceptors (Lipinski definition) is 3. The first-order valence-corrected chi connectivity index (χ1v) is 8.49. The van der Waals surface area contributed by atoms with Crippen molar-refractivity contribution < 1.29 is 13.9 Å². The summed E-state index contributed by atoms with van der Waals surface area (Å²) in [7, 11) is 0. The molecule has 1 aliphatic rings. The molecule has 0 aliphatic carbocycles. The van der Waals surface area contributed by atoms with Crippen LogP contribution in [0, 0.1) is 12.7 Å². The summed E-state index contributed by atoms with van der Waals surface area (Å²) in [5.41, 5.74) is 1.13. The van der Waals surface area contributed by atoms with E-state index in [0.29, 0.717) is 17.1 Å².